The maximum absolute atomic E-state index is 13.9. The highest BCUT2D eigenvalue weighted by atomic mass is 16.4. The first-order valence-corrected chi connectivity index (χ1v) is 22.0. The number of β-amino-alcohol motifs (C(OH)–C–C–N with tert-alkyl or cyclic N) is 1. The van der Waals surface area contributed by atoms with E-state index in [1.54, 1.807) is 26.8 Å². The number of phenolic OH excluding ortho intramolecular Hbond substituents is 1. The Labute approximate surface area is 381 Å². The quantitative estimate of drug-likeness (QED) is 0.0546. The van der Waals surface area contributed by atoms with Gasteiger partial charge in [0, 0.05) is 89.9 Å². The standard InChI is InChI=1S/C43H62N8O15/c1-26(17-30(53)21-45-36(56)9-8-33(43(65)66)49-15-13-47(24-38(58)59)11-12-48(14-16-49)25-39(60)61)41(63)46-22-37(57)51-23-31(54)20-34(51)42(64)50-10-2-3-32(50)35(55)19-28(40(44)62)18-27-4-6-29(52)7-5-27/h4-7,26,28,31-34,52,54H,2-3,8-25H2,1H3,(H2,44,62)(H,45,56)(H,46,63)(H,58,59)(H,60,61)(H,65,66)/t26?,28?,31-,32?,33?,34?/m0/s1. The number of aliphatic hydroxyl groups excluding tert-OH is 1. The van der Waals surface area contributed by atoms with Crippen LogP contribution in [0.25, 0.3) is 0 Å². The van der Waals surface area contributed by atoms with Crippen LogP contribution in [0.3, 0.4) is 0 Å². The number of rotatable bonds is 23. The van der Waals surface area contributed by atoms with Gasteiger partial charge in [-0.3, -0.25) is 62.6 Å². The number of carboxylic acid groups (broad SMARTS) is 3. The number of hydrogen-bond acceptors (Lipinski definition) is 15. The summed E-state index contributed by atoms with van der Waals surface area (Å²) in [6.07, 6.45) is -1.23. The normalized spacial score (nSPS) is 21.1. The van der Waals surface area contributed by atoms with E-state index >= 15 is 0 Å². The molecule has 0 radical (unpaired) electrons. The Hall–Kier alpha value is -6.04. The van der Waals surface area contributed by atoms with Crippen molar-refractivity contribution >= 4 is 59.0 Å². The van der Waals surface area contributed by atoms with Crippen molar-refractivity contribution in [3.8, 4) is 5.75 Å². The number of hydrogen-bond donors (Lipinski definition) is 8. The number of aliphatic hydroxyl groups is 1. The summed E-state index contributed by atoms with van der Waals surface area (Å²) in [6.45, 7) is 0.925. The molecule has 0 aliphatic carbocycles. The topological polar surface area (TPSA) is 338 Å². The molecule has 1 aromatic carbocycles. The number of carbonyl (C=O) groups excluding carboxylic acids is 7. The number of nitrogens with two attached hydrogens (primary N) is 1. The number of carbonyl (C=O) groups is 10. The van der Waals surface area contributed by atoms with Gasteiger partial charge in [-0.15, -0.1) is 0 Å². The summed E-state index contributed by atoms with van der Waals surface area (Å²) in [7, 11) is 0. The van der Waals surface area contributed by atoms with E-state index in [4.69, 9.17) is 5.73 Å². The van der Waals surface area contributed by atoms with E-state index in [9.17, 15) is 73.5 Å². The summed E-state index contributed by atoms with van der Waals surface area (Å²) in [5.41, 5.74) is 6.30. The Kier molecular flexibility index (Phi) is 19.9. The van der Waals surface area contributed by atoms with E-state index < -0.39 is 102 Å². The molecule has 3 aliphatic rings. The molecule has 364 valence electrons. The number of nitrogens with zero attached hydrogens (tertiary/aromatic N) is 5. The Morgan fingerprint density at radius 2 is 1.38 bits per heavy atom. The van der Waals surface area contributed by atoms with Crippen molar-refractivity contribution < 1.29 is 73.5 Å². The second kappa shape index (κ2) is 25.0. The Morgan fingerprint density at radius 1 is 0.773 bits per heavy atom. The first-order chi connectivity index (χ1) is 31.2. The minimum atomic E-state index is -1.24. The van der Waals surface area contributed by atoms with Gasteiger partial charge in [-0.25, -0.2) is 0 Å². The van der Waals surface area contributed by atoms with Crippen LogP contribution in [-0.2, 0) is 54.4 Å². The van der Waals surface area contributed by atoms with E-state index in [-0.39, 0.29) is 116 Å². The molecule has 0 spiro atoms. The number of benzene rings is 1. The number of nitrogens with one attached hydrogen (secondary N) is 2. The molecule has 1 aromatic rings. The molecule has 4 rings (SSSR count). The predicted octanol–water partition coefficient (Wildman–Crippen LogP) is -2.90. The smallest absolute Gasteiger partial charge is 0.320 e. The molecule has 0 bridgehead atoms. The molecule has 6 atom stereocenters. The molecule has 3 aliphatic heterocycles. The van der Waals surface area contributed by atoms with Crippen molar-refractivity contribution in [2.75, 3.05) is 78.5 Å². The molecule has 3 fully saturated rings. The molecular weight excluding hydrogens is 869 g/mol. The SMILES string of the molecule is CC(CC(=O)CNC(=O)CCC(C(=O)O)N1CCN(CC(=O)O)CCN(CC(=O)O)CC1)C(=O)NCC(=O)N1C[C@@H](O)CC1C(=O)N1CCCC1C(=O)CC(Cc1ccc(O)cc1)C(N)=O. The molecule has 0 saturated carbocycles. The van der Waals surface area contributed by atoms with Crippen LogP contribution in [0, 0.1) is 11.8 Å². The highest BCUT2D eigenvalue weighted by Crippen LogP contribution is 2.28. The van der Waals surface area contributed by atoms with Crippen LogP contribution >= 0.6 is 0 Å². The van der Waals surface area contributed by atoms with E-state index in [0.29, 0.717) is 18.4 Å². The maximum atomic E-state index is 13.9. The number of primary amides is 1. The number of ketones is 2. The number of likely N-dealkylation sites (tertiary alicyclic amines) is 2. The van der Waals surface area contributed by atoms with Gasteiger partial charge in [0.15, 0.2) is 11.6 Å². The lowest BCUT2D eigenvalue weighted by Gasteiger charge is -2.31. The molecule has 23 heteroatoms. The second-order valence-corrected chi connectivity index (χ2v) is 17.2. The predicted molar refractivity (Wildman–Crippen MR) is 230 cm³/mol. The zero-order valence-electron chi connectivity index (χ0n) is 37.0. The Balaban J connectivity index is 1.23. The van der Waals surface area contributed by atoms with Gasteiger partial charge >= 0.3 is 17.9 Å². The molecule has 66 heavy (non-hydrogen) atoms. The first kappa shape index (κ1) is 52.6. The van der Waals surface area contributed by atoms with Gasteiger partial charge in [0.2, 0.25) is 29.5 Å². The highest BCUT2D eigenvalue weighted by Gasteiger charge is 2.45. The lowest BCUT2D eigenvalue weighted by Crippen LogP contribution is -2.53. The zero-order valence-corrected chi connectivity index (χ0v) is 37.0. The van der Waals surface area contributed by atoms with E-state index in [2.05, 4.69) is 10.6 Å². The molecular formula is C43H62N8O15. The number of amides is 5. The van der Waals surface area contributed by atoms with Crippen molar-refractivity contribution in [2.45, 2.75) is 82.5 Å². The van der Waals surface area contributed by atoms with E-state index in [1.165, 1.54) is 24.0 Å². The summed E-state index contributed by atoms with van der Waals surface area (Å²) in [5, 5.41) is 53.6. The van der Waals surface area contributed by atoms with Crippen LogP contribution in [0.1, 0.15) is 57.4 Å². The van der Waals surface area contributed by atoms with Crippen LogP contribution in [-0.4, -0.2) is 212 Å². The molecule has 0 aromatic heterocycles. The van der Waals surface area contributed by atoms with Gasteiger partial charge in [0.05, 0.1) is 38.3 Å². The zero-order chi connectivity index (χ0) is 48.7. The number of carboxylic acids is 3. The number of phenols is 1. The van der Waals surface area contributed by atoms with Gasteiger partial charge in [-0.05, 0) is 43.4 Å². The molecule has 23 nitrogen and oxygen atoms in total. The maximum Gasteiger partial charge on any atom is 0.320 e. The van der Waals surface area contributed by atoms with Crippen molar-refractivity contribution in [1.29, 1.82) is 0 Å². The third-order valence-electron chi connectivity index (χ3n) is 12.2. The second-order valence-electron chi connectivity index (χ2n) is 17.2. The van der Waals surface area contributed by atoms with Crippen LogP contribution < -0.4 is 16.4 Å². The first-order valence-electron chi connectivity index (χ1n) is 22.0. The van der Waals surface area contributed by atoms with Gasteiger partial charge in [-0.2, -0.15) is 0 Å². The summed E-state index contributed by atoms with van der Waals surface area (Å²) in [5.74, 6) is -9.38. The number of aromatic hydroxyl groups is 1. The van der Waals surface area contributed by atoms with Crippen LogP contribution in [0.4, 0.5) is 0 Å². The highest BCUT2D eigenvalue weighted by molar-refractivity contribution is 5.96. The number of aliphatic carboxylic acids is 3. The van der Waals surface area contributed by atoms with Crippen LogP contribution in [0.2, 0.25) is 0 Å². The average Bonchev–Trinajstić information content (AvgIpc) is 3.92. The Bertz CT molecular complexity index is 1920. The summed E-state index contributed by atoms with van der Waals surface area (Å²) in [6, 6.07) is 2.94. The average molecular weight is 931 g/mol. The lowest BCUT2D eigenvalue weighted by atomic mass is 9.91. The molecule has 3 saturated heterocycles. The van der Waals surface area contributed by atoms with Crippen molar-refractivity contribution in [2.24, 2.45) is 17.6 Å². The monoisotopic (exact) mass is 930 g/mol. The summed E-state index contributed by atoms with van der Waals surface area (Å²) in [4.78, 5) is 134. The van der Waals surface area contributed by atoms with Crippen LogP contribution in [0.15, 0.2) is 24.3 Å². The van der Waals surface area contributed by atoms with Crippen molar-refractivity contribution in [3.05, 3.63) is 29.8 Å². The summed E-state index contributed by atoms with van der Waals surface area (Å²) < 4.78 is 0. The van der Waals surface area contributed by atoms with E-state index in [1.807, 2.05) is 0 Å². The molecule has 5 amide bonds. The molecule has 5 unspecified atom stereocenters. The van der Waals surface area contributed by atoms with Gasteiger partial charge in [-0.1, -0.05) is 19.1 Å². The van der Waals surface area contributed by atoms with Gasteiger partial charge < -0.3 is 51.7 Å². The summed E-state index contributed by atoms with van der Waals surface area (Å²) >= 11 is 0. The third-order valence-corrected chi connectivity index (χ3v) is 12.2. The van der Waals surface area contributed by atoms with Gasteiger partial charge in [0.25, 0.3) is 0 Å². The minimum Gasteiger partial charge on any atom is -0.508 e. The largest absolute Gasteiger partial charge is 0.508 e. The third kappa shape index (κ3) is 16.1. The van der Waals surface area contributed by atoms with Crippen molar-refractivity contribution in [1.82, 2.24) is 35.1 Å². The van der Waals surface area contributed by atoms with Gasteiger partial charge in [0.1, 0.15) is 17.8 Å². The van der Waals surface area contributed by atoms with Crippen molar-refractivity contribution in [3.63, 3.8) is 0 Å². The fourth-order valence-electron chi connectivity index (χ4n) is 8.58. The minimum absolute atomic E-state index is 0.0355. The molecule has 3 heterocycles. The fourth-order valence-corrected chi connectivity index (χ4v) is 8.58. The van der Waals surface area contributed by atoms with Crippen LogP contribution in [0.5, 0.6) is 5.75 Å². The fraction of sp³-hybridized carbons (Fsp3) is 0.628. The Morgan fingerprint density at radius 3 is 1.95 bits per heavy atom. The number of Topliss-reactive ketones (excluding diaryl/α,β-unsaturated/α-hetero) is 2. The van der Waals surface area contributed by atoms with E-state index in [0.717, 1.165) is 4.90 Å². The molecule has 9 N–H and O–H groups in total. The lowest BCUT2D eigenvalue weighted by molar-refractivity contribution is -0.146.